The smallest absolute Gasteiger partial charge is 0.134 e. The molecule has 0 saturated heterocycles. The van der Waals surface area contributed by atoms with Gasteiger partial charge in [0.05, 0.1) is 5.84 Å². The van der Waals surface area contributed by atoms with E-state index in [4.69, 9.17) is 11.1 Å². The molecule has 3 N–H and O–H groups in total. The van der Waals surface area contributed by atoms with Gasteiger partial charge in [-0.25, -0.2) is 0 Å². The van der Waals surface area contributed by atoms with Gasteiger partial charge in [-0.2, -0.15) is 0 Å². The summed E-state index contributed by atoms with van der Waals surface area (Å²) < 4.78 is 0. The molecule has 0 amide bonds. The van der Waals surface area contributed by atoms with Crippen molar-refractivity contribution in [1.82, 2.24) is 0 Å². The highest BCUT2D eigenvalue weighted by atomic mass is 16.1. The largest absolute Gasteiger partial charge is 0.388 e. The van der Waals surface area contributed by atoms with Crippen LogP contribution in [0.25, 0.3) is 0 Å². The summed E-state index contributed by atoms with van der Waals surface area (Å²) in [5.74, 6) is 0.602. The van der Waals surface area contributed by atoms with Crippen molar-refractivity contribution in [3.8, 4) is 0 Å². The zero-order chi connectivity index (χ0) is 16.2. The molecule has 3 heteroatoms. The van der Waals surface area contributed by atoms with Crippen molar-refractivity contribution in [2.45, 2.75) is 25.7 Å². The molecule has 1 aliphatic rings. The minimum atomic E-state index is -0.0750. The van der Waals surface area contributed by atoms with Gasteiger partial charge in [0.15, 0.2) is 0 Å². The van der Waals surface area contributed by atoms with Gasteiger partial charge < -0.3 is 5.73 Å². The molecule has 2 aromatic carbocycles. The summed E-state index contributed by atoms with van der Waals surface area (Å²) in [6, 6.07) is 20.8. The Morgan fingerprint density at radius 3 is 1.64 bits per heavy atom. The van der Waals surface area contributed by atoms with E-state index < -0.39 is 0 Å². The van der Waals surface area contributed by atoms with Gasteiger partial charge in [-0.3, -0.25) is 10.2 Å². The number of carbonyl (C=O) groups is 1. The minimum absolute atomic E-state index is 0.0750. The quantitative estimate of drug-likeness (QED) is 0.672. The summed E-state index contributed by atoms with van der Waals surface area (Å²) in [5.41, 5.74) is 7.14. The predicted molar refractivity (Wildman–Crippen MR) is 90.0 cm³/mol. The highest BCUT2D eigenvalue weighted by molar-refractivity contribution is 5.85. The number of carbonyl (C=O) groups excluding carboxylic acids is 1. The third kappa shape index (κ3) is 3.25. The van der Waals surface area contributed by atoms with E-state index in [1.54, 1.807) is 6.92 Å². The van der Waals surface area contributed by atoms with Crippen LogP contribution in [-0.4, -0.2) is 11.6 Å². The van der Waals surface area contributed by atoms with Crippen molar-refractivity contribution in [1.29, 1.82) is 5.41 Å². The molecular weight excluding hydrogens is 272 g/mol. The van der Waals surface area contributed by atoms with E-state index in [1.807, 2.05) is 12.1 Å². The van der Waals surface area contributed by atoms with Crippen LogP contribution in [0.5, 0.6) is 0 Å². The Labute approximate surface area is 131 Å². The third-order valence-corrected chi connectivity index (χ3v) is 4.03. The van der Waals surface area contributed by atoms with Gasteiger partial charge in [-0.05, 0) is 31.4 Å². The summed E-state index contributed by atoms with van der Waals surface area (Å²) >= 11 is 0. The number of nitrogens with two attached hydrogens (primary N) is 1. The Morgan fingerprint density at radius 1 is 1.00 bits per heavy atom. The third-order valence-electron chi connectivity index (χ3n) is 4.03. The van der Waals surface area contributed by atoms with Crippen LogP contribution in [-0.2, 0) is 10.2 Å². The fourth-order valence-electron chi connectivity index (χ4n) is 3.03. The van der Waals surface area contributed by atoms with Gasteiger partial charge in [-0.1, -0.05) is 60.7 Å². The fourth-order valence-corrected chi connectivity index (χ4v) is 3.03. The Kier molecular flexibility index (Phi) is 4.76. The maximum Gasteiger partial charge on any atom is 0.134 e. The van der Waals surface area contributed by atoms with Crippen LogP contribution in [0.15, 0.2) is 60.7 Å². The summed E-state index contributed by atoms with van der Waals surface area (Å²) in [5, 5.41) is 6.28. The molecule has 0 radical (unpaired) electrons. The molecule has 0 heterocycles. The maximum absolute atomic E-state index is 11.8. The molecule has 1 aliphatic carbocycles. The highest BCUT2D eigenvalue weighted by Crippen LogP contribution is 2.59. The molecule has 3 rings (SSSR count). The Morgan fingerprint density at radius 2 is 1.36 bits per heavy atom. The van der Waals surface area contributed by atoms with Gasteiger partial charge in [0.25, 0.3) is 0 Å². The Balaban J connectivity index is 0.000000396. The summed E-state index contributed by atoms with van der Waals surface area (Å²) in [6.07, 6.45) is 0.941. The number of hydrogen-bond acceptors (Lipinski definition) is 2. The minimum Gasteiger partial charge on any atom is -0.388 e. The van der Waals surface area contributed by atoms with Crippen molar-refractivity contribution < 1.29 is 4.79 Å². The molecule has 0 aromatic heterocycles. The second-order valence-corrected chi connectivity index (χ2v) is 5.75. The van der Waals surface area contributed by atoms with Crippen molar-refractivity contribution in [3.63, 3.8) is 0 Å². The number of ketones is 1. The lowest BCUT2D eigenvalue weighted by Crippen LogP contribution is -2.15. The van der Waals surface area contributed by atoms with Crippen molar-refractivity contribution >= 4 is 11.6 Å². The number of hydrogen-bond donors (Lipinski definition) is 2. The molecule has 0 aliphatic heterocycles. The number of benzene rings is 2. The van der Waals surface area contributed by atoms with Gasteiger partial charge in [-0.15, -0.1) is 0 Å². The van der Waals surface area contributed by atoms with E-state index >= 15 is 0 Å². The van der Waals surface area contributed by atoms with E-state index in [9.17, 15) is 4.79 Å². The second kappa shape index (κ2) is 6.56. The van der Waals surface area contributed by atoms with E-state index in [1.165, 1.54) is 18.1 Å². The van der Waals surface area contributed by atoms with Crippen LogP contribution >= 0.6 is 0 Å². The molecule has 1 atom stereocenters. The van der Waals surface area contributed by atoms with Gasteiger partial charge in [0, 0.05) is 11.3 Å². The van der Waals surface area contributed by atoms with Crippen LogP contribution in [0.3, 0.4) is 0 Å². The predicted octanol–water partition coefficient (Wildman–Crippen LogP) is 3.52. The highest BCUT2D eigenvalue weighted by Gasteiger charge is 2.58. The average Bonchev–Trinajstić information content (AvgIpc) is 3.26. The zero-order valence-electron chi connectivity index (χ0n) is 13.0. The fraction of sp³-hybridized carbons (Fsp3) is 0.263. The molecule has 22 heavy (non-hydrogen) atoms. The van der Waals surface area contributed by atoms with E-state index in [0.29, 0.717) is 5.78 Å². The van der Waals surface area contributed by atoms with Crippen LogP contribution < -0.4 is 5.73 Å². The monoisotopic (exact) mass is 294 g/mol. The van der Waals surface area contributed by atoms with Gasteiger partial charge >= 0.3 is 0 Å². The number of rotatable bonds is 3. The van der Waals surface area contributed by atoms with Crippen molar-refractivity contribution in [2.24, 2.45) is 11.7 Å². The number of amidine groups is 1. The van der Waals surface area contributed by atoms with Crippen LogP contribution in [0, 0.1) is 11.3 Å². The lowest BCUT2D eigenvalue weighted by Gasteiger charge is -2.18. The van der Waals surface area contributed by atoms with Crippen molar-refractivity contribution in [3.05, 3.63) is 71.8 Å². The molecule has 1 fully saturated rings. The lowest BCUT2D eigenvalue weighted by atomic mass is 9.85. The average molecular weight is 294 g/mol. The first-order valence-corrected chi connectivity index (χ1v) is 7.40. The zero-order valence-corrected chi connectivity index (χ0v) is 13.0. The van der Waals surface area contributed by atoms with Crippen LogP contribution in [0.4, 0.5) is 0 Å². The Bertz CT molecular complexity index is 606. The van der Waals surface area contributed by atoms with Crippen LogP contribution in [0.2, 0.25) is 0 Å². The first-order chi connectivity index (χ1) is 10.5. The van der Waals surface area contributed by atoms with E-state index in [0.717, 1.165) is 6.42 Å². The first kappa shape index (κ1) is 16.0. The summed E-state index contributed by atoms with van der Waals surface area (Å²) in [6.45, 7) is 3.23. The molecule has 3 nitrogen and oxygen atoms in total. The molecular formula is C19H22N2O. The molecule has 1 saturated carbocycles. The first-order valence-electron chi connectivity index (χ1n) is 7.40. The molecule has 114 valence electrons. The van der Waals surface area contributed by atoms with Gasteiger partial charge in [0.1, 0.15) is 5.78 Å². The SMILES string of the molecule is CC(=N)N.CC(=O)C1CC1(c1ccccc1)c1ccccc1. The molecule has 1 unspecified atom stereocenters. The summed E-state index contributed by atoms with van der Waals surface area (Å²) in [7, 11) is 0. The standard InChI is InChI=1S/C17H16O.C2H6N2/c1-13(18)16-12-17(16,14-8-4-2-5-9-14)15-10-6-3-7-11-15;1-2(3)4/h2-11,16H,12H2,1H3;1H3,(H3,3,4). The lowest BCUT2D eigenvalue weighted by molar-refractivity contribution is -0.118. The second-order valence-electron chi connectivity index (χ2n) is 5.75. The maximum atomic E-state index is 11.8. The van der Waals surface area contributed by atoms with Crippen LogP contribution in [0.1, 0.15) is 31.4 Å². The Hall–Kier alpha value is -2.42. The molecule has 0 spiro atoms. The number of nitrogens with one attached hydrogen (secondary N) is 1. The topological polar surface area (TPSA) is 66.9 Å². The van der Waals surface area contributed by atoms with Gasteiger partial charge in [0.2, 0.25) is 0 Å². The molecule has 2 aromatic rings. The van der Waals surface area contributed by atoms with E-state index in [-0.39, 0.29) is 17.2 Å². The van der Waals surface area contributed by atoms with Crippen molar-refractivity contribution in [2.75, 3.05) is 0 Å². The summed E-state index contributed by atoms with van der Waals surface area (Å²) in [4.78, 5) is 11.8. The molecule has 0 bridgehead atoms. The normalized spacial score (nSPS) is 17.8. The van der Waals surface area contributed by atoms with E-state index in [2.05, 4.69) is 48.5 Å². The number of Topliss-reactive ketones (excluding diaryl/α,β-unsaturated/α-hetero) is 1.